The van der Waals surface area contributed by atoms with Gasteiger partial charge in [-0.25, -0.2) is 18.7 Å². The highest BCUT2D eigenvalue weighted by Crippen LogP contribution is 2.34. The highest BCUT2D eigenvalue weighted by atomic mass is 19.1. The van der Waals surface area contributed by atoms with Crippen molar-refractivity contribution in [3.05, 3.63) is 84.4 Å². The fraction of sp³-hybridized carbons (Fsp3) is 0.154. The standard InChI is InChI=1S/C26H22F2N4O/c1-15(2)32-23-6-4-5-22(24(23)31-26(32)17-7-9-18(27)10-8-17)30-19-11-12-20(21(28)13-19)25-16(3)29-14-33-25/h4-15,30H,1-3H3. The Morgan fingerprint density at radius 1 is 1.00 bits per heavy atom. The maximum atomic E-state index is 14.9. The Labute approximate surface area is 189 Å². The lowest BCUT2D eigenvalue weighted by atomic mass is 10.1. The van der Waals surface area contributed by atoms with Crippen LogP contribution < -0.4 is 5.32 Å². The summed E-state index contributed by atoms with van der Waals surface area (Å²) in [5, 5.41) is 3.29. The van der Waals surface area contributed by atoms with Gasteiger partial charge in [0.2, 0.25) is 0 Å². The third-order valence-corrected chi connectivity index (χ3v) is 5.58. The molecule has 0 spiro atoms. The second-order valence-corrected chi connectivity index (χ2v) is 8.17. The number of benzene rings is 3. The molecule has 5 aromatic rings. The molecular formula is C26H22F2N4O. The second-order valence-electron chi connectivity index (χ2n) is 8.17. The zero-order chi connectivity index (χ0) is 23.1. The van der Waals surface area contributed by atoms with Gasteiger partial charge >= 0.3 is 0 Å². The largest absolute Gasteiger partial charge is 0.443 e. The van der Waals surface area contributed by atoms with Gasteiger partial charge in [-0.05, 0) is 75.4 Å². The number of oxazole rings is 1. The lowest BCUT2D eigenvalue weighted by Gasteiger charge is -2.13. The Balaban J connectivity index is 1.57. The number of anilines is 2. The van der Waals surface area contributed by atoms with Crippen LogP contribution in [-0.4, -0.2) is 14.5 Å². The van der Waals surface area contributed by atoms with E-state index in [4.69, 9.17) is 9.40 Å². The van der Waals surface area contributed by atoms with Crippen LogP contribution >= 0.6 is 0 Å². The highest BCUT2D eigenvalue weighted by molar-refractivity contribution is 5.93. The number of hydrogen-bond donors (Lipinski definition) is 1. The van der Waals surface area contributed by atoms with Crippen LogP contribution in [0.15, 0.2) is 71.5 Å². The summed E-state index contributed by atoms with van der Waals surface area (Å²) in [5.41, 5.74) is 4.83. The van der Waals surface area contributed by atoms with E-state index in [0.29, 0.717) is 22.7 Å². The molecule has 0 saturated carbocycles. The molecule has 3 aromatic carbocycles. The average Bonchev–Trinajstić information content (AvgIpc) is 3.39. The minimum atomic E-state index is -0.410. The van der Waals surface area contributed by atoms with Crippen molar-refractivity contribution in [1.82, 2.24) is 14.5 Å². The van der Waals surface area contributed by atoms with Crippen molar-refractivity contribution in [2.24, 2.45) is 0 Å². The van der Waals surface area contributed by atoms with Crippen LogP contribution in [-0.2, 0) is 0 Å². The van der Waals surface area contributed by atoms with E-state index in [1.807, 2.05) is 18.2 Å². The van der Waals surface area contributed by atoms with Crippen molar-refractivity contribution < 1.29 is 13.2 Å². The number of hydrogen-bond acceptors (Lipinski definition) is 4. The molecule has 166 valence electrons. The lowest BCUT2D eigenvalue weighted by Crippen LogP contribution is -2.03. The summed E-state index contributed by atoms with van der Waals surface area (Å²) in [6.07, 6.45) is 1.31. The zero-order valence-corrected chi connectivity index (χ0v) is 18.4. The van der Waals surface area contributed by atoms with Gasteiger partial charge in [0, 0.05) is 17.3 Å². The zero-order valence-electron chi connectivity index (χ0n) is 18.4. The summed E-state index contributed by atoms with van der Waals surface area (Å²) in [4.78, 5) is 8.92. The number of nitrogens with zero attached hydrogens (tertiary/aromatic N) is 3. The third kappa shape index (κ3) is 3.75. The first-order chi connectivity index (χ1) is 15.9. The van der Waals surface area contributed by atoms with Crippen molar-refractivity contribution in [1.29, 1.82) is 0 Å². The number of aryl methyl sites for hydroxylation is 1. The molecule has 0 atom stereocenters. The summed E-state index contributed by atoms with van der Waals surface area (Å²) in [7, 11) is 0. The van der Waals surface area contributed by atoms with Gasteiger partial charge in [-0.1, -0.05) is 6.07 Å². The van der Waals surface area contributed by atoms with E-state index in [-0.39, 0.29) is 11.9 Å². The van der Waals surface area contributed by atoms with Crippen LogP contribution in [0.2, 0.25) is 0 Å². The SMILES string of the molecule is Cc1ncoc1-c1ccc(Nc2cccc3c2nc(-c2ccc(F)cc2)n3C(C)C)cc1F. The maximum Gasteiger partial charge on any atom is 0.181 e. The second kappa shape index (κ2) is 8.16. The minimum absolute atomic E-state index is 0.132. The van der Waals surface area contributed by atoms with Crippen LogP contribution in [0.3, 0.4) is 0 Å². The van der Waals surface area contributed by atoms with Crippen LogP contribution in [0, 0.1) is 18.6 Å². The lowest BCUT2D eigenvalue weighted by molar-refractivity contribution is 0.561. The Morgan fingerprint density at radius 2 is 1.79 bits per heavy atom. The first kappa shape index (κ1) is 20.9. The molecular weight excluding hydrogens is 422 g/mol. The van der Waals surface area contributed by atoms with Crippen LogP contribution in [0.5, 0.6) is 0 Å². The van der Waals surface area contributed by atoms with Crippen molar-refractivity contribution >= 4 is 22.4 Å². The Bertz CT molecular complexity index is 1450. The van der Waals surface area contributed by atoms with Gasteiger partial charge in [-0.3, -0.25) is 0 Å². The number of rotatable bonds is 5. The molecule has 0 bridgehead atoms. The molecule has 0 aliphatic heterocycles. The smallest absolute Gasteiger partial charge is 0.181 e. The molecule has 33 heavy (non-hydrogen) atoms. The van der Waals surface area contributed by atoms with E-state index in [1.165, 1.54) is 24.6 Å². The van der Waals surface area contributed by atoms with Gasteiger partial charge in [0.25, 0.3) is 0 Å². The summed E-state index contributed by atoms with van der Waals surface area (Å²) < 4.78 is 35.8. The monoisotopic (exact) mass is 444 g/mol. The molecule has 7 heteroatoms. The third-order valence-electron chi connectivity index (χ3n) is 5.58. The van der Waals surface area contributed by atoms with Crippen molar-refractivity contribution in [3.8, 4) is 22.7 Å². The van der Waals surface area contributed by atoms with Gasteiger partial charge < -0.3 is 14.3 Å². The molecule has 1 N–H and O–H groups in total. The van der Waals surface area contributed by atoms with Gasteiger partial charge in [0.15, 0.2) is 12.2 Å². The van der Waals surface area contributed by atoms with E-state index in [0.717, 1.165) is 28.1 Å². The molecule has 0 aliphatic rings. The molecule has 5 rings (SSSR count). The topological polar surface area (TPSA) is 55.9 Å². The quantitative estimate of drug-likeness (QED) is 0.310. The van der Waals surface area contributed by atoms with Gasteiger partial charge in [-0.15, -0.1) is 0 Å². The van der Waals surface area contributed by atoms with Crippen LogP contribution in [0.25, 0.3) is 33.7 Å². The number of nitrogens with one attached hydrogen (secondary N) is 1. The predicted octanol–water partition coefficient (Wildman–Crippen LogP) is 7.27. The summed E-state index contributed by atoms with van der Waals surface area (Å²) in [6, 6.07) is 17.2. The molecule has 0 radical (unpaired) electrons. The van der Waals surface area contributed by atoms with Gasteiger partial charge in [0.1, 0.15) is 23.0 Å². The average molecular weight is 444 g/mol. The molecule has 2 aromatic heterocycles. The first-order valence-electron chi connectivity index (χ1n) is 10.7. The molecule has 0 unspecified atom stereocenters. The molecule has 0 saturated heterocycles. The van der Waals surface area contributed by atoms with E-state index in [2.05, 4.69) is 28.7 Å². The number of imidazole rings is 1. The van der Waals surface area contributed by atoms with Crippen molar-refractivity contribution in [2.45, 2.75) is 26.8 Å². The Kier molecular flexibility index (Phi) is 5.17. The van der Waals surface area contributed by atoms with E-state index < -0.39 is 5.82 Å². The number of halogens is 2. The summed E-state index contributed by atoms with van der Waals surface area (Å²) >= 11 is 0. The van der Waals surface area contributed by atoms with E-state index >= 15 is 0 Å². The molecule has 0 aliphatic carbocycles. The molecule has 2 heterocycles. The summed E-state index contributed by atoms with van der Waals surface area (Å²) in [6.45, 7) is 5.93. The van der Waals surface area contributed by atoms with E-state index in [9.17, 15) is 8.78 Å². The number of fused-ring (bicyclic) bond motifs is 1. The highest BCUT2D eigenvalue weighted by Gasteiger charge is 2.18. The number of aromatic nitrogens is 3. The fourth-order valence-corrected chi connectivity index (χ4v) is 4.04. The van der Waals surface area contributed by atoms with Crippen LogP contribution in [0.1, 0.15) is 25.6 Å². The fourth-order valence-electron chi connectivity index (χ4n) is 4.04. The van der Waals surface area contributed by atoms with Gasteiger partial charge in [-0.2, -0.15) is 0 Å². The summed E-state index contributed by atoms with van der Waals surface area (Å²) in [5.74, 6) is 0.461. The normalized spacial score (nSPS) is 11.5. The Morgan fingerprint density at radius 3 is 2.45 bits per heavy atom. The Hall–Kier alpha value is -4.00. The molecule has 5 nitrogen and oxygen atoms in total. The first-order valence-corrected chi connectivity index (χ1v) is 10.7. The van der Waals surface area contributed by atoms with Crippen molar-refractivity contribution in [2.75, 3.05) is 5.32 Å². The minimum Gasteiger partial charge on any atom is -0.443 e. The number of para-hydroxylation sites is 1. The van der Waals surface area contributed by atoms with Gasteiger partial charge in [0.05, 0.1) is 22.5 Å². The molecule has 0 amide bonds. The van der Waals surface area contributed by atoms with E-state index in [1.54, 1.807) is 31.2 Å². The predicted molar refractivity (Wildman–Crippen MR) is 125 cm³/mol. The van der Waals surface area contributed by atoms with Crippen molar-refractivity contribution in [3.63, 3.8) is 0 Å². The maximum absolute atomic E-state index is 14.9. The molecule has 0 fully saturated rings. The van der Waals surface area contributed by atoms with Crippen LogP contribution in [0.4, 0.5) is 20.2 Å².